The SMILES string of the molecule is CNc1nc(NCCC2CCN(C)CC2)c2ccsc2n1. The smallest absolute Gasteiger partial charge is 0.225 e. The average Bonchev–Trinajstić information content (AvgIpc) is 2.97. The van der Waals surface area contributed by atoms with Gasteiger partial charge in [0.15, 0.2) is 0 Å². The maximum absolute atomic E-state index is 4.55. The quantitative estimate of drug-likeness (QED) is 0.889. The van der Waals surface area contributed by atoms with Crippen molar-refractivity contribution in [2.45, 2.75) is 19.3 Å². The molecule has 1 saturated heterocycles. The highest BCUT2D eigenvalue weighted by Gasteiger charge is 2.16. The molecule has 0 unspecified atom stereocenters. The Morgan fingerprint density at radius 1 is 1.33 bits per heavy atom. The summed E-state index contributed by atoms with van der Waals surface area (Å²) >= 11 is 1.66. The Morgan fingerprint density at radius 2 is 2.14 bits per heavy atom. The van der Waals surface area contributed by atoms with E-state index < -0.39 is 0 Å². The van der Waals surface area contributed by atoms with Crippen molar-refractivity contribution in [3.05, 3.63) is 11.4 Å². The molecule has 0 spiro atoms. The number of hydrogen-bond acceptors (Lipinski definition) is 6. The van der Waals surface area contributed by atoms with Gasteiger partial charge in [-0.3, -0.25) is 0 Å². The number of anilines is 2. The van der Waals surface area contributed by atoms with Crippen LogP contribution in [0.4, 0.5) is 11.8 Å². The van der Waals surface area contributed by atoms with E-state index in [2.05, 4.69) is 44.0 Å². The van der Waals surface area contributed by atoms with Crippen LogP contribution in [-0.4, -0.2) is 48.6 Å². The van der Waals surface area contributed by atoms with Crippen molar-refractivity contribution < 1.29 is 0 Å². The number of nitrogens with zero attached hydrogens (tertiary/aromatic N) is 3. The van der Waals surface area contributed by atoms with Crippen LogP contribution in [0.25, 0.3) is 10.2 Å². The van der Waals surface area contributed by atoms with E-state index in [0.29, 0.717) is 5.95 Å². The molecule has 0 aliphatic carbocycles. The van der Waals surface area contributed by atoms with Gasteiger partial charge in [0.2, 0.25) is 5.95 Å². The molecule has 3 heterocycles. The van der Waals surface area contributed by atoms with Crippen LogP contribution in [0, 0.1) is 5.92 Å². The number of aromatic nitrogens is 2. The van der Waals surface area contributed by atoms with Crippen molar-refractivity contribution in [2.24, 2.45) is 5.92 Å². The molecule has 114 valence electrons. The van der Waals surface area contributed by atoms with Gasteiger partial charge in [0.05, 0.1) is 5.39 Å². The molecule has 2 N–H and O–H groups in total. The van der Waals surface area contributed by atoms with Crippen LogP contribution >= 0.6 is 11.3 Å². The van der Waals surface area contributed by atoms with E-state index in [-0.39, 0.29) is 0 Å². The molecule has 6 heteroatoms. The average molecular weight is 305 g/mol. The lowest BCUT2D eigenvalue weighted by molar-refractivity contribution is 0.215. The first kappa shape index (κ1) is 14.5. The van der Waals surface area contributed by atoms with Crippen LogP contribution in [-0.2, 0) is 0 Å². The van der Waals surface area contributed by atoms with E-state index in [0.717, 1.165) is 28.5 Å². The largest absolute Gasteiger partial charge is 0.369 e. The zero-order valence-corrected chi connectivity index (χ0v) is 13.5. The molecular formula is C15H23N5S. The van der Waals surface area contributed by atoms with Crippen molar-refractivity contribution in [2.75, 3.05) is 44.4 Å². The second-order valence-corrected chi connectivity index (χ2v) is 6.64. The Kier molecular flexibility index (Phi) is 4.55. The van der Waals surface area contributed by atoms with Gasteiger partial charge in [-0.2, -0.15) is 4.98 Å². The summed E-state index contributed by atoms with van der Waals surface area (Å²) in [6, 6.07) is 2.09. The van der Waals surface area contributed by atoms with Crippen LogP contribution < -0.4 is 10.6 Å². The van der Waals surface area contributed by atoms with Crippen molar-refractivity contribution in [1.82, 2.24) is 14.9 Å². The highest BCUT2D eigenvalue weighted by molar-refractivity contribution is 7.16. The summed E-state index contributed by atoms with van der Waals surface area (Å²) in [5.41, 5.74) is 0. The topological polar surface area (TPSA) is 53.1 Å². The molecule has 2 aromatic rings. The first-order chi connectivity index (χ1) is 10.3. The Morgan fingerprint density at radius 3 is 2.90 bits per heavy atom. The Hall–Kier alpha value is -1.40. The van der Waals surface area contributed by atoms with Crippen LogP contribution in [0.5, 0.6) is 0 Å². The summed E-state index contributed by atoms with van der Waals surface area (Å²) in [4.78, 5) is 12.5. The zero-order chi connectivity index (χ0) is 14.7. The number of piperidine rings is 1. The van der Waals surface area contributed by atoms with E-state index in [1.165, 1.54) is 32.4 Å². The minimum Gasteiger partial charge on any atom is -0.369 e. The van der Waals surface area contributed by atoms with Crippen molar-refractivity contribution in [3.8, 4) is 0 Å². The van der Waals surface area contributed by atoms with Gasteiger partial charge in [-0.25, -0.2) is 4.98 Å². The third-order valence-corrected chi connectivity index (χ3v) is 5.04. The molecule has 0 aromatic carbocycles. The minimum atomic E-state index is 0.687. The molecule has 21 heavy (non-hydrogen) atoms. The standard InChI is InChI=1S/C15H23N5S/c1-16-15-18-13(12-6-10-21-14(12)19-15)17-7-3-11-4-8-20(2)9-5-11/h6,10-11H,3-5,7-9H2,1-2H3,(H2,16,17,18,19). The fourth-order valence-electron chi connectivity index (χ4n) is 2.85. The first-order valence-electron chi connectivity index (χ1n) is 7.61. The van der Waals surface area contributed by atoms with Crippen molar-refractivity contribution >= 4 is 33.3 Å². The van der Waals surface area contributed by atoms with Crippen LogP contribution in [0.2, 0.25) is 0 Å². The van der Waals surface area contributed by atoms with Gasteiger partial charge in [0.1, 0.15) is 10.6 Å². The molecule has 3 rings (SSSR count). The lowest BCUT2D eigenvalue weighted by Crippen LogP contribution is -2.30. The second kappa shape index (κ2) is 6.58. The van der Waals surface area contributed by atoms with E-state index in [4.69, 9.17) is 0 Å². The maximum atomic E-state index is 4.55. The first-order valence-corrected chi connectivity index (χ1v) is 8.49. The van der Waals surface area contributed by atoms with Crippen LogP contribution in [0.1, 0.15) is 19.3 Å². The third-order valence-electron chi connectivity index (χ3n) is 4.23. The Balaban J connectivity index is 1.61. The highest BCUT2D eigenvalue weighted by atomic mass is 32.1. The maximum Gasteiger partial charge on any atom is 0.225 e. The molecule has 1 aliphatic rings. The van der Waals surface area contributed by atoms with Crippen molar-refractivity contribution in [3.63, 3.8) is 0 Å². The lowest BCUT2D eigenvalue weighted by atomic mass is 9.94. The summed E-state index contributed by atoms with van der Waals surface area (Å²) in [5, 5.41) is 9.74. The van der Waals surface area contributed by atoms with Crippen LogP contribution in [0.15, 0.2) is 11.4 Å². The van der Waals surface area contributed by atoms with Gasteiger partial charge in [-0.15, -0.1) is 11.3 Å². The second-order valence-electron chi connectivity index (χ2n) is 5.75. The molecule has 0 atom stereocenters. The number of likely N-dealkylation sites (tertiary alicyclic amines) is 1. The summed E-state index contributed by atoms with van der Waals surface area (Å²) in [6.45, 7) is 3.45. The molecule has 0 radical (unpaired) electrons. The normalized spacial score (nSPS) is 17.2. The van der Waals surface area contributed by atoms with Gasteiger partial charge in [0, 0.05) is 13.6 Å². The van der Waals surface area contributed by atoms with Gasteiger partial charge in [-0.1, -0.05) is 0 Å². The van der Waals surface area contributed by atoms with E-state index in [1.54, 1.807) is 11.3 Å². The van der Waals surface area contributed by atoms with Crippen LogP contribution in [0.3, 0.4) is 0 Å². The van der Waals surface area contributed by atoms with E-state index in [9.17, 15) is 0 Å². The van der Waals surface area contributed by atoms with Gasteiger partial charge >= 0.3 is 0 Å². The summed E-state index contributed by atoms with van der Waals surface area (Å²) < 4.78 is 0. The summed E-state index contributed by atoms with van der Waals surface area (Å²) in [5.74, 6) is 2.49. The number of thiophene rings is 1. The number of fused-ring (bicyclic) bond motifs is 1. The fraction of sp³-hybridized carbons (Fsp3) is 0.600. The van der Waals surface area contributed by atoms with E-state index in [1.807, 2.05) is 7.05 Å². The minimum absolute atomic E-state index is 0.687. The van der Waals surface area contributed by atoms with Gasteiger partial charge in [0.25, 0.3) is 0 Å². The predicted molar refractivity (Wildman–Crippen MR) is 90.3 cm³/mol. The van der Waals surface area contributed by atoms with Crippen molar-refractivity contribution in [1.29, 1.82) is 0 Å². The van der Waals surface area contributed by atoms with Gasteiger partial charge in [-0.05, 0) is 56.8 Å². The number of hydrogen-bond donors (Lipinski definition) is 2. The lowest BCUT2D eigenvalue weighted by Gasteiger charge is -2.28. The third kappa shape index (κ3) is 3.44. The Bertz CT molecular complexity index is 589. The van der Waals surface area contributed by atoms with E-state index >= 15 is 0 Å². The summed E-state index contributed by atoms with van der Waals surface area (Å²) in [7, 11) is 4.07. The van der Waals surface area contributed by atoms with Gasteiger partial charge < -0.3 is 15.5 Å². The zero-order valence-electron chi connectivity index (χ0n) is 12.7. The number of rotatable bonds is 5. The molecule has 1 fully saturated rings. The highest BCUT2D eigenvalue weighted by Crippen LogP contribution is 2.27. The molecule has 0 bridgehead atoms. The molecule has 0 amide bonds. The molecule has 1 aliphatic heterocycles. The molecular weight excluding hydrogens is 282 g/mol. The molecule has 5 nitrogen and oxygen atoms in total. The Labute approximate surface area is 129 Å². The monoisotopic (exact) mass is 305 g/mol. The predicted octanol–water partition coefficient (Wildman–Crippen LogP) is 2.88. The molecule has 0 saturated carbocycles. The molecule has 2 aromatic heterocycles. The summed E-state index contributed by atoms with van der Waals surface area (Å²) in [6.07, 6.45) is 3.85. The number of nitrogens with one attached hydrogen (secondary N) is 2. The fourth-order valence-corrected chi connectivity index (χ4v) is 3.61.